The number of aromatic amines is 1. The average Bonchev–Trinajstić information content (AvgIpc) is 3.40. The van der Waals surface area contributed by atoms with Crippen molar-refractivity contribution in [2.24, 2.45) is 0 Å². The summed E-state index contributed by atoms with van der Waals surface area (Å²) in [4.78, 5) is 17.6. The van der Waals surface area contributed by atoms with Crippen LogP contribution in [0.1, 0.15) is 36.0 Å². The van der Waals surface area contributed by atoms with E-state index in [1.165, 1.54) is 19.1 Å². The molecule has 1 unspecified atom stereocenters. The van der Waals surface area contributed by atoms with Crippen molar-refractivity contribution in [1.29, 1.82) is 0 Å². The molecule has 166 valence electrons. The highest BCUT2D eigenvalue weighted by Gasteiger charge is 2.38. The van der Waals surface area contributed by atoms with Crippen molar-refractivity contribution in [2.75, 3.05) is 13.2 Å². The summed E-state index contributed by atoms with van der Waals surface area (Å²) in [6.45, 7) is 2.62. The fraction of sp³-hybridized carbons (Fsp3) is 0.333. The van der Waals surface area contributed by atoms with Crippen LogP contribution in [0.5, 0.6) is 0 Å². The molecule has 0 bridgehead atoms. The first-order valence-corrected chi connectivity index (χ1v) is 10.0. The Balaban J connectivity index is 1.69. The quantitative estimate of drug-likeness (QED) is 0.513. The molecule has 1 aromatic carbocycles. The van der Waals surface area contributed by atoms with E-state index < -0.39 is 17.4 Å². The first-order valence-electron chi connectivity index (χ1n) is 10.0. The molecule has 11 heteroatoms. The van der Waals surface area contributed by atoms with Gasteiger partial charge >= 0.3 is 6.18 Å². The maximum atomic E-state index is 13.8. The van der Waals surface area contributed by atoms with Crippen LogP contribution in [0, 0.1) is 6.92 Å². The number of rotatable bonds is 3. The van der Waals surface area contributed by atoms with Gasteiger partial charge in [0.05, 0.1) is 23.8 Å². The van der Waals surface area contributed by atoms with Crippen molar-refractivity contribution in [2.45, 2.75) is 31.9 Å². The predicted molar refractivity (Wildman–Crippen MR) is 107 cm³/mol. The number of ether oxygens (including phenoxy) is 1. The van der Waals surface area contributed by atoms with E-state index in [2.05, 4.69) is 20.3 Å². The zero-order valence-corrected chi connectivity index (χ0v) is 16.9. The van der Waals surface area contributed by atoms with Gasteiger partial charge in [-0.15, -0.1) is 10.2 Å². The number of hydrogen-bond acceptors (Lipinski definition) is 6. The number of aromatic nitrogens is 5. The van der Waals surface area contributed by atoms with E-state index in [4.69, 9.17) is 9.15 Å². The molecule has 1 fully saturated rings. The lowest BCUT2D eigenvalue weighted by molar-refractivity contribution is -0.140. The number of benzene rings is 1. The Kier molecular flexibility index (Phi) is 4.85. The highest BCUT2D eigenvalue weighted by molar-refractivity contribution is 5.81. The summed E-state index contributed by atoms with van der Waals surface area (Å²) in [6.07, 6.45) is -3.07. The lowest BCUT2D eigenvalue weighted by atomic mass is 10.0. The summed E-state index contributed by atoms with van der Waals surface area (Å²) >= 11 is 0. The normalized spacial score (nSPS) is 17.2. The third-order valence-electron chi connectivity index (χ3n) is 5.47. The van der Waals surface area contributed by atoms with Crippen molar-refractivity contribution < 1.29 is 22.3 Å². The molecule has 1 aliphatic rings. The van der Waals surface area contributed by atoms with Gasteiger partial charge in [0, 0.05) is 6.61 Å². The van der Waals surface area contributed by atoms with Gasteiger partial charge in [0.25, 0.3) is 11.4 Å². The zero-order chi connectivity index (χ0) is 22.5. The third kappa shape index (κ3) is 3.38. The molecule has 0 spiro atoms. The van der Waals surface area contributed by atoms with E-state index in [1.807, 2.05) is 0 Å². The molecule has 1 aliphatic heterocycles. The summed E-state index contributed by atoms with van der Waals surface area (Å²) in [5.41, 5.74) is -1.71. The molecule has 0 saturated carbocycles. The molecule has 1 atom stereocenters. The number of fused-ring (bicyclic) bond motifs is 1. The van der Waals surface area contributed by atoms with Gasteiger partial charge in [0.15, 0.2) is 5.65 Å². The Morgan fingerprint density at radius 3 is 2.62 bits per heavy atom. The summed E-state index contributed by atoms with van der Waals surface area (Å²) in [5, 5.41) is 10.2. The number of aryl methyl sites for hydroxylation is 1. The molecule has 5 rings (SSSR count). The molecular formula is C21H18F3N5O3. The number of nitrogens with zero attached hydrogens (tertiary/aromatic N) is 4. The number of alkyl halides is 3. The predicted octanol–water partition coefficient (Wildman–Crippen LogP) is 3.96. The number of nitrogens with one attached hydrogen (secondary N) is 1. The van der Waals surface area contributed by atoms with E-state index in [9.17, 15) is 18.0 Å². The smallest absolute Gasteiger partial charge is 0.420 e. The van der Waals surface area contributed by atoms with E-state index in [0.29, 0.717) is 19.1 Å². The van der Waals surface area contributed by atoms with Gasteiger partial charge in [-0.3, -0.25) is 9.89 Å². The van der Waals surface area contributed by atoms with Gasteiger partial charge < -0.3 is 9.15 Å². The van der Waals surface area contributed by atoms with Crippen molar-refractivity contribution in [3.05, 3.63) is 58.0 Å². The zero-order valence-electron chi connectivity index (χ0n) is 16.9. The molecular weight excluding hydrogens is 427 g/mol. The van der Waals surface area contributed by atoms with Crippen LogP contribution < -0.4 is 5.56 Å². The molecule has 1 saturated heterocycles. The lowest BCUT2D eigenvalue weighted by Gasteiger charge is -2.18. The molecule has 0 aliphatic carbocycles. The fourth-order valence-electron chi connectivity index (χ4n) is 3.94. The Morgan fingerprint density at radius 2 is 1.94 bits per heavy atom. The van der Waals surface area contributed by atoms with Crippen LogP contribution >= 0.6 is 0 Å². The van der Waals surface area contributed by atoms with Crippen LogP contribution in [0.15, 0.2) is 39.5 Å². The minimum atomic E-state index is -4.72. The Hall–Kier alpha value is -3.47. The van der Waals surface area contributed by atoms with Crippen molar-refractivity contribution >= 4 is 5.65 Å². The monoisotopic (exact) mass is 445 g/mol. The van der Waals surface area contributed by atoms with Crippen molar-refractivity contribution in [3.8, 4) is 22.6 Å². The van der Waals surface area contributed by atoms with E-state index in [1.54, 1.807) is 18.2 Å². The number of H-pyrrole nitrogens is 1. The SMILES string of the molecule is Cc1nc2c(-c3ccccc3)c(C(F)(F)F)[nH]n2c(=O)c1-c1nnc(C2CCCOC2)o1. The minimum absolute atomic E-state index is 0.0486. The van der Waals surface area contributed by atoms with E-state index in [0.717, 1.165) is 17.4 Å². The molecule has 1 N–H and O–H groups in total. The Bertz CT molecular complexity index is 1330. The molecule has 3 aromatic heterocycles. The molecule has 4 aromatic rings. The van der Waals surface area contributed by atoms with Crippen molar-refractivity contribution in [1.82, 2.24) is 24.8 Å². The second-order valence-corrected chi connectivity index (χ2v) is 7.62. The largest absolute Gasteiger partial charge is 0.433 e. The van der Waals surface area contributed by atoms with Crippen molar-refractivity contribution in [3.63, 3.8) is 0 Å². The molecule has 8 nitrogen and oxygen atoms in total. The van der Waals surface area contributed by atoms with Crippen LogP contribution in [-0.4, -0.2) is 38.0 Å². The van der Waals surface area contributed by atoms with Crippen LogP contribution in [0.4, 0.5) is 13.2 Å². The molecule has 0 radical (unpaired) electrons. The standard InChI is InChI=1S/C21H18F3N5O3/c1-11-14(19-27-26-18(32-19)13-8-5-9-31-10-13)20(30)29-17(25-11)15(12-6-3-2-4-7-12)16(28-29)21(22,23)24/h2-4,6-7,13,28H,5,8-10H2,1H3. The van der Waals surface area contributed by atoms with Crippen LogP contribution in [-0.2, 0) is 10.9 Å². The van der Waals surface area contributed by atoms with E-state index >= 15 is 0 Å². The van der Waals surface area contributed by atoms with Gasteiger partial charge in [-0.25, -0.2) is 4.98 Å². The Morgan fingerprint density at radius 1 is 1.16 bits per heavy atom. The topological polar surface area (TPSA) is 98.3 Å². The molecule has 0 amide bonds. The summed E-state index contributed by atoms with van der Waals surface area (Å²) in [6, 6.07) is 7.99. The maximum Gasteiger partial charge on any atom is 0.433 e. The summed E-state index contributed by atoms with van der Waals surface area (Å²) < 4.78 is 53.4. The average molecular weight is 445 g/mol. The minimum Gasteiger partial charge on any atom is -0.420 e. The lowest BCUT2D eigenvalue weighted by Crippen LogP contribution is -2.20. The van der Waals surface area contributed by atoms with Gasteiger partial charge in [-0.1, -0.05) is 30.3 Å². The summed E-state index contributed by atoms with van der Waals surface area (Å²) in [5.74, 6) is 0.159. The fourth-order valence-corrected chi connectivity index (χ4v) is 3.94. The number of hydrogen-bond donors (Lipinski definition) is 1. The Labute approximate surface area is 179 Å². The third-order valence-corrected chi connectivity index (χ3v) is 5.47. The highest BCUT2D eigenvalue weighted by atomic mass is 19.4. The van der Waals surface area contributed by atoms with Crippen LogP contribution in [0.25, 0.3) is 28.2 Å². The van der Waals surface area contributed by atoms with Gasteiger partial charge in [-0.2, -0.15) is 17.7 Å². The maximum absolute atomic E-state index is 13.8. The highest BCUT2D eigenvalue weighted by Crippen LogP contribution is 2.38. The van der Waals surface area contributed by atoms with Gasteiger partial charge in [-0.05, 0) is 25.3 Å². The van der Waals surface area contributed by atoms with E-state index in [-0.39, 0.29) is 39.8 Å². The van der Waals surface area contributed by atoms with Crippen LogP contribution in [0.2, 0.25) is 0 Å². The summed E-state index contributed by atoms with van der Waals surface area (Å²) in [7, 11) is 0. The first kappa shape index (κ1) is 20.4. The molecule has 4 heterocycles. The van der Waals surface area contributed by atoms with Gasteiger partial charge in [0.1, 0.15) is 11.3 Å². The molecule has 32 heavy (non-hydrogen) atoms. The second kappa shape index (κ2) is 7.59. The second-order valence-electron chi connectivity index (χ2n) is 7.62. The number of halogens is 3. The first-order chi connectivity index (χ1) is 15.3. The van der Waals surface area contributed by atoms with Crippen LogP contribution in [0.3, 0.4) is 0 Å². The van der Waals surface area contributed by atoms with Gasteiger partial charge in [0.2, 0.25) is 5.89 Å².